The molecule has 0 heterocycles. The Kier molecular flexibility index (Phi) is 5.41. The third kappa shape index (κ3) is 4.28. The van der Waals surface area contributed by atoms with Crippen molar-refractivity contribution in [1.29, 1.82) is 0 Å². The fourth-order valence-electron chi connectivity index (χ4n) is 1.54. The van der Waals surface area contributed by atoms with Gasteiger partial charge in [-0.15, -0.1) is 0 Å². The Morgan fingerprint density at radius 1 is 1.19 bits per heavy atom. The number of allylic oxidation sites excluding steroid dienone is 2. The van der Waals surface area contributed by atoms with E-state index in [-0.39, 0.29) is 0 Å². The van der Waals surface area contributed by atoms with Gasteiger partial charge in [0.25, 0.3) is 0 Å². The molecule has 0 fully saturated rings. The number of benzene rings is 1. The van der Waals surface area contributed by atoms with Crippen LogP contribution in [-0.2, 0) is 12.8 Å². The molecule has 1 heteroatoms. The fraction of sp³-hybridized carbons (Fsp3) is 0.333. The molecule has 0 N–H and O–H groups in total. The van der Waals surface area contributed by atoms with Gasteiger partial charge >= 0.3 is 0 Å². The van der Waals surface area contributed by atoms with Gasteiger partial charge in [0.15, 0.2) is 0 Å². The van der Waals surface area contributed by atoms with Crippen LogP contribution in [0.15, 0.2) is 48.1 Å². The van der Waals surface area contributed by atoms with Crippen LogP contribution in [0.5, 0.6) is 0 Å². The van der Waals surface area contributed by atoms with E-state index in [1.807, 2.05) is 0 Å². The molecule has 0 atom stereocenters. The van der Waals surface area contributed by atoms with Crippen LogP contribution >= 0.6 is 12.6 Å². The first-order valence-electron chi connectivity index (χ1n) is 5.62. The van der Waals surface area contributed by atoms with Crippen LogP contribution in [-0.4, -0.2) is 5.75 Å². The predicted molar refractivity (Wildman–Crippen MR) is 76.3 cm³/mol. The van der Waals surface area contributed by atoms with Gasteiger partial charge in [0, 0.05) is 5.75 Å². The van der Waals surface area contributed by atoms with E-state index in [0.29, 0.717) is 0 Å². The molecule has 0 aliphatic heterocycles. The maximum Gasteiger partial charge on any atom is 0.0113 e. The zero-order valence-corrected chi connectivity index (χ0v) is 11.1. The molecule has 0 radical (unpaired) electrons. The van der Waals surface area contributed by atoms with Crippen molar-refractivity contribution in [3.63, 3.8) is 0 Å². The first kappa shape index (κ1) is 13.1. The predicted octanol–water partition coefficient (Wildman–Crippen LogP) is 4.22. The van der Waals surface area contributed by atoms with Crippen LogP contribution in [0.3, 0.4) is 0 Å². The van der Waals surface area contributed by atoms with Gasteiger partial charge in [0.1, 0.15) is 0 Å². The van der Waals surface area contributed by atoms with E-state index >= 15 is 0 Å². The van der Waals surface area contributed by atoms with Crippen molar-refractivity contribution in [2.24, 2.45) is 0 Å². The molecule has 1 aromatic carbocycles. The molecule has 0 nitrogen and oxygen atoms in total. The lowest BCUT2D eigenvalue weighted by Crippen LogP contribution is -1.92. The first-order valence-corrected chi connectivity index (χ1v) is 6.26. The van der Waals surface area contributed by atoms with Crippen LogP contribution < -0.4 is 0 Å². The lowest BCUT2D eigenvalue weighted by molar-refractivity contribution is 1.11. The Balaban J connectivity index is 2.64. The van der Waals surface area contributed by atoms with Gasteiger partial charge in [-0.05, 0) is 37.8 Å². The normalized spacial score (nSPS) is 11.6. The standard InChI is InChI=1S/C15H20S/c1-4-12(2)9-14-5-7-15(8-6-14)10-13(3)11-16/h4-8,16H,3,9-11H2,1-2H3/b12-4+. The molecule has 0 aromatic heterocycles. The summed E-state index contributed by atoms with van der Waals surface area (Å²) in [6, 6.07) is 8.78. The van der Waals surface area contributed by atoms with Crippen molar-refractivity contribution >= 4 is 12.6 Å². The van der Waals surface area contributed by atoms with Crippen LogP contribution in [0.25, 0.3) is 0 Å². The van der Waals surface area contributed by atoms with Crippen molar-refractivity contribution in [3.05, 3.63) is 59.2 Å². The summed E-state index contributed by atoms with van der Waals surface area (Å²) in [6.45, 7) is 8.21. The molecule has 0 saturated heterocycles. The van der Waals surface area contributed by atoms with Crippen LogP contribution in [0, 0.1) is 0 Å². The van der Waals surface area contributed by atoms with Crippen LogP contribution in [0.4, 0.5) is 0 Å². The molecule has 0 amide bonds. The minimum absolute atomic E-state index is 0.763. The van der Waals surface area contributed by atoms with Gasteiger partial charge in [-0.3, -0.25) is 0 Å². The minimum atomic E-state index is 0.763. The Bertz CT molecular complexity index is 371. The Hall–Kier alpha value is -0.950. The average Bonchev–Trinajstić information content (AvgIpc) is 2.31. The molecule has 0 saturated carbocycles. The van der Waals surface area contributed by atoms with E-state index < -0.39 is 0 Å². The maximum atomic E-state index is 4.22. The zero-order valence-electron chi connectivity index (χ0n) is 10.2. The van der Waals surface area contributed by atoms with E-state index in [0.717, 1.165) is 18.6 Å². The monoisotopic (exact) mass is 232 g/mol. The number of thiol groups is 1. The van der Waals surface area contributed by atoms with E-state index in [4.69, 9.17) is 0 Å². The largest absolute Gasteiger partial charge is 0.175 e. The van der Waals surface area contributed by atoms with Crippen molar-refractivity contribution in [2.45, 2.75) is 26.7 Å². The summed E-state index contributed by atoms with van der Waals surface area (Å²) < 4.78 is 0. The summed E-state index contributed by atoms with van der Waals surface area (Å²) in [7, 11) is 0. The van der Waals surface area contributed by atoms with Gasteiger partial charge in [-0.2, -0.15) is 12.6 Å². The Labute approximate surface area is 104 Å². The summed E-state index contributed by atoms with van der Waals surface area (Å²) in [5.74, 6) is 0.763. The van der Waals surface area contributed by atoms with Gasteiger partial charge in [0.05, 0.1) is 0 Å². The van der Waals surface area contributed by atoms with E-state index in [2.05, 4.69) is 63.4 Å². The molecule has 0 bridgehead atoms. The molecule has 0 aliphatic carbocycles. The minimum Gasteiger partial charge on any atom is -0.175 e. The van der Waals surface area contributed by atoms with Crippen molar-refractivity contribution in [3.8, 4) is 0 Å². The highest BCUT2D eigenvalue weighted by Gasteiger charge is 1.97. The molecule has 1 aromatic rings. The second kappa shape index (κ2) is 6.59. The first-order chi connectivity index (χ1) is 7.65. The average molecular weight is 232 g/mol. The number of hydrogen-bond donors (Lipinski definition) is 1. The summed E-state index contributed by atoms with van der Waals surface area (Å²) in [6.07, 6.45) is 4.15. The van der Waals surface area contributed by atoms with E-state index in [1.165, 1.54) is 22.3 Å². The topological polar surface area (TPSA) is 0 Å². The SMILES string of the molecule is C=C(CS)Cc1ccc(C/C(C)=C/C)cc1. The van der Waals surface area contributed by atoms with Crippen LogP contribution in [0.2, 0.25) is 0 Å². The Morgan fingerprint density at radius 2 is 1.69 bits per heavy atom. The summed E-state index contributed by atoms with van der Waals surface area (Å²) in [5, 5.41) is 0. The maximum absolute atomic E-state index is 4.22. The smallest absolute Gasteiger partial charge is 0.0113 e. The fourth-order valence-corrected chi connectivity index (χ4v) is 1.66. The molecular weight excluding hydrogens is 212 g/mol. The van der Waals surface area contributed by atoms with Crippen molar-refractivity contribution in [1.82, 2.24) is 0 Å². The molecule has 0 spiro atoms. The molecular formula is C15H20S. The highest BCUT2D eigenvalue weighted by Crippen LogP contribution is 2.12. The number of rotatable bonds is 5. The molecule has 86 valence electrons. The molecule has 0 aliphatic rings. The van der Waals surface area contributed by atoms with E-state index in [9.17, 15) is 0 Å². The molecule has 0 unspecified atom stereocenters. The van der Waals surface area contributed by atoms with Crippen molar-refractivity contribution in [2.75, 3.05) is 5.75 Å². The summed E-state index contributed by atoms with van der Waals surface area (Å²) in [4.78, 5) is 0. The van der Waals surface area contributed by atoms with Gasteiger partial charge in [0.2, 0.25) is 0 Å². The number of hydrogen-bond acceptors (Lipinski definition) is 1. The van der Waals surface area contributed by atoms with E-state index in [1.54, 1.807) is 0 Å². The van der Waals surface area contributed by atoms with Crippen molar-refractivity contribution < 1.29 is 0 Å². The second-order valence-electron chi connectivity index (χ2n) is 4.21. The van der Waals surface area contributed by atoms with Gasteiger partial charge in [-0.1, -0.05) is 48.1 Å². The second-order valence-corrected chi connectivity index (χ2v) is 4.53. The highest BCUT2D eigenvalue weighted by atomic mass is 32.1. The molecule has 16 heavy (non-hydrogen) atoms. The lowest BCUT2D eigenvalue weighted by Gasteiger charge is -2.05. The lowest BCUT2D eigenvalue weighted by atomic mass is 10.0. The third-order valence-electron chi connectivity index (χ3n) is 2.68. The zero-order chi connectivity index (χ0) is 12.0. The quantitative estimate of drug-likeness (QED) is 0.570. The Morgan fingerprint density at radius 3 is 2.12 bits per heavy atom. The van der Waals surface area contributed by atoms with Gasteiger partial charge in [-0.25, -0.2) is 0 Å². The third-order valence-corrected chi connectivity index (χ3v) is 3.12. The summed E-state index contributed by atoms with van der Waals surface area (Å²) in [5.41, 5.74) is 5.27. The highest BCUT2D eigenvalue weighted by molar-refractivity contribution is 7.80. The summed E-state index contributed by atoms with van der Waals surface area (Å²) >= 11 is 4.22. The molecule has 1 rings (SSSR count). The van der Waals surface area contributed by atoms with Gasteiger partial charge < -0.3 is 0 Å². The van der Waals surface area contributed by atoms with Crippen LogP contribution in [0.1, 0.15) is 25.0 Å².